The van der Waals surface area contributed by atoms with Gasteiger partial charge in [0.25, 0.3) is 0 Å². The van der Waals surface area contributed by atoms with Crippen LogP contribution in [-0.4, -0.2) is 6.61 Å². The summed E-state index contributed by atoms with van der Waals surface area (Å²) in [6, 6.07) is 10.5. The number of hydrogen-bond donors (Lipinski definition) is 1. The molecule has 0 saturated carbocycles. The van der Waals surface area contributed by atoms with Gasteiger partial charge in [-0.2, -0.15) is 8.78 Å². The van der Waals surface area contributed by atoms with Gasteiger partial charge in [-0.15, -0.1) is 0 Å². The highest BCUT2D eigenvalue weighted by Gasteiger charge is 2.10. The molecule has 0 spiro atoms. The monoisotopic (exact) mass is 359 g/mol. The molecule has 2 aromatic carbocycles. The van der Waals surface area contributed by atoms with Crippen molar-refractivity contribution in [1.82, 2.24) is 0 Å². The second kappa shape index (κ2) is 6.85. The lowest BCUT2D eigenvalue weighted by atomic mass is 10.1. The minimum Gasteiger partial charge on any atom is -0.435 e. The van der Waals surface area contributed by atoms with E-state index in [1.165, 1.54) is 24.3 Å². The molecule has 0 aliphatic carbocycles. The van der Waals surface area contributed by atoms with Crippen molar-refractivity contribution in [2.75, 3.05) is 5.32 Å². The maximum Gasteiger partial charge on any atom is 0.387 e. The zero-order valence-electron chi connectivity index (χ0n) is 11.1. The van der Waals surface area contributed by atoms with Gasteiger partial charge in [-0.3, -0.25) is 0 Å². The summed E-state index contributed by atoms with van der Waals surface area (Å²) in [6.45, 7) is -0.949. The molecule has 0 aliphatic heterocycles. The molecular weight excluding hydrogens is 347 g/mol. The number of benzene rings is 2. The zero-order chi connectivity index (χ0) is 15.4. The molecule has 0 amide bonds. The van der Waals surface area contributed by atoms with E-state index in [9.17, 15) is 13.2 Å². The van der Waals surface area contributed by atoms with Gasteiger partial charge in [-0.25, -0.2) is 4.39 Å². The Bertz CT molecular complexity index is 604. The van der Waals surface area contributed by atoms with E-state index in [1.54, 1.807) is 18.2 Å². The number of ether oxygens (including phenoxy) is 1. The van der Waals surface area contributed by atoms with E-state index in [1.807, 2.05) is 6.92 Å². The van der Waals surface area contributed by atoms with E-state index in [2.05, 4.69) is 26.0 Å². The van der Waals surface area contributed by atoms with Crippen LogP contribution in [0, 0.1) is 5.82 Å². The first kappa shape index (κ1) is 15.7. The van der Waals surface area contributed by atoms with Crippen molar-refractivity contribution >= 4 is 21.6 Å². The molecule has 6 heteroatoms. The maximum absolute atomic E-state index is 13.2. The Labute approximate surface area is 129 Å². The van der Waals surface area contributed by atoms with Gasteiger partial charge in [0.15, 0.2) is 0 Å². The second-order valence-electron chi connectivity index (χ2n) is 4.44. The quantitative estimate of drug-likeness (QED) is 0.775. The zero-order valence-corrected chi connectivity index (χ0v) is 12.7. The Balaban J connectivity index is 2.09. The molecule has 1 N–H and O–H groups in total. The van der Waals surface area contributed by atoms with Crippen LogP contribution in [0.2, 0.25) is 0 Å². The molecule has 0 aliphatic rings. The minimum atomic E-state index is -2.84. The third kappa shape index (κ3) is 4.39. The highest BCUT2D eigenvalue weighted by molar-refractivity contribution is 9.10. The predicted molar refractivity (Wildman–Crippen MR) is 79.2 cm³/mol. The second-order valence-corrected chi connectivity index (χ2v) is 5.29. The van der Waals surface area contributed by atoms with Crippen LogP contribution in [0.5, 0.6) is 5.75 Å². The molecule has 2 rings (SSSR count). The molecule has 1 unspecified atom stereocenters. The first-order chi connectivity index (χ1) is 9.95. The minimum absolute atomic E-state index is 0.105. The summed E-state index contributed by atoms with van der Waals surface area (Å²) < 4.78 is 42.4. The summed E-state index contributed by atoms with van der Waals surface area (Å²) in [7, 11) is 0. The van der Waals surface area contributed by atoms with Gasteiger partial charge >= 0.3 is 6.61 Å². The van der Waals surface area contributed by atoms with E-state index < -0.39 is 6.61 Å². The molecule has 0 bridgehead atoms. The Kier molecular flexibility index (Phi) is 5.12. The number of halogens is 4. The topological polar surface area (TPSA) is 21.3 Å². The van der Waals surface area contributed by atoms with Crippen LogP contribution >= 0.6 is 15.9 Å². The Morgan fingerprint density at radius 2 is 1.76 bits per heavy atom. The van der Waals surface area contributed by atoms with Crippen LogP contribution in [0.3, 0.4) is 0 Å². The third-order valence-corrected chi connectivity index (χ3v) is 3.60. The highest BCUT2D eigenvalue weighted by Crippen LogP contribution is 2.28. The summed E-state index contributed by atoms with van der Waals surface area (Å²) in [6.07, 6.45) is 0. The molecule has 2 nitrogen and oxygen atoms in total. The fraction of sp³-hybridized carbons (Fsp3) is 0.200. The van der Waals surface area contributed by atoms with Gasteiger partial charge in [-0.05, 0) is 58.7 Å². The maximum atomic E-state index is 13.2. The van der Waals surface area contributed by atoms with Crippen molar-refractivity contribution in [2.24, 2.45) is 0 Å². The van der Waals surface area contributed by atoms with Crippen LogP contribution in [0.1, 0.15) is 18.5 Å². The summed E-state index contributed by atoms with van der Waals surface area (Å²) in [4.78, 5) is 0. The number of hydrogen-bond acceptors (Lipinski definition) is 2. The lowest BCUT2D eigenvalue weighted by Gasteiger charge is -2.17. The van der Waals surface area contributed by atoms with Gasteiger partial charge in [-0.1, -0.05) is 12.1 Å². The van der Waals surface area contributed by atoms with Gasteiger partial charge in [0, 0.05) is 10.5 Å². The molecule has 0 fully saturated rings. The standard InChI is InChI=1S/C15H13BrF3NO/c1-9(20-14-8-11(17)4-7-13(14)16)10-2-5-12(6-3-10)21-15(18)19/h2-9,15,20H,1H3. The largest absolute Gasteiger partial charge is 0.435 e. The molecule has 0 saturated heterocycles. The molecule has 112 valence electrons. The smallest absolute Gasteiger partial charge is 0.387 e. The summed E-state index contributed by atoms with van der Waals surface area (Å²) in [5.74, 6) is -0.235. The SMILES string of the molecule is CC(Nc1cc(F)ccc1Br)c1ccc(OC(F)F)cc1. The molecule has 0 heterocycles. The van der Waals surface area contributed by atoms with Crippen molar-refractivity contribution in [3.63, 3.8) is 0 Å². The molecular formula is C15H13BrF3NO. The van der Waals surface area contributed by atoms with Crippen LogP contribution in [0.4, 0.5) is 18.9 Å². The molecule has 2 aromatic rings. The molecule has 0 aromatic heterocycles. The van der Waals surface area contributed by atoms with E-state index >= 15 is 0 Å². The molecule has 0 radical (unpaired) electrons. The van der Waals surface area contributed by atoms with E-state index in [0.29, 0.717) is 5.69 Å². The van der Waals surface area contributed by atoms with Crippen molar-refractivity contribution in [3.8, 4) is 5.75 Å². The fourth-order valence-corrected chi connectivity index (χ4v) is 2.22. The summed E-state index contributed by atoms with van der Waals surface area (Å²) in [5.41, 5.74) is 1.49. The lowest BCUT2D eigenvalue weighted by molar-refractivity contribution is -0.0498. The van der Waals surface area contributed by atoms with Crippen molar-refractivity contribution in [3.05, 3.63) is 58.3 Å². The van der Waals surface area contributed by atoms with Crippen molar-refractivity contribution in [2.45, 2.75) is 19.6 Å². The van der Waals surface area contributed by atoms with E-state index in [4.69, 9.17) is 0 Å². The van der Waals surface area contributed by atoms with E-state index in [-0.39, 0.29) is 17.6 Å². The van der Waals surface area contributed by atoms with Gasteiger partial charge in [0.1, 0.15) is 11.6 Å². The van der Waals surface area contributed by atoms with Crippen LogP contribution in [-0.2, 0) is 0 Å². The average molecular weight is 360 g/mol. The Morgan fingerprint density at radius 1 is 1.10 bits per heavy atom. The van der Waals surface area contributed by atoms with Gasteiger partial charge in [0.2, 0.25) is 0 Å². The lowest BCUT2D eigenvalue weighted by Crippen LogP contribution is -2.08. The van der Waals surface area contributed by atoms with Gasteiger partial charge < -0.3 is 10.1 Å². The van der Waals surface area contributed by atoms with Crippen LogP contribution in [0.15, 0.2) is 46.9 Å². The average Bonchev–Trinajstić information content (AvgIpc) is 2.43. The third-order valence-electron chi connectivity index (χ3n) is 2.91. The Hall–Kier alpha value is -1.69. The number of anilines is 1. The molecule has 1 atom stereocenters. The first-order valence-corrected chi connectivity index (χ1v) is 7.01. The van der Waals surface area contributed by atoms with Gasteiger partial charge in [0.05, 0.1) is 5.69 Å². The first-order valence-electron chi connectivity index (χ1n) is 6.22. The number of rotatable bonds is 5. The van der Waals surface area contributed by atoms with Crippen molar-refractivity contribution < 1.29 is 17.9 Å². The van der Waals surface area contributed by atoms with Crippen LogP contribution < -0.4 is 10.1 Å². The number of nitrogens with one attached hydrogen (secondary N) is 1. The fourth-order valence-electron chi connectivity index (χ4n) is 1.86. The molecule has 21 heavy (non-hydrogen) atoms. The van der Waals surface area contributed by atoms with Crippen molar-refractivity contribution in [1.29, 1.82) is 0 Å². The Morgan fingerprint density at radius 3 is 2.38 bits per heavy atom. The normalized spacial score (nSPS) is 12.3. The van der Waals surface area contributed by atoms with Crippen LogP contribution in [0.25, 0.3) is 0 Å². The number of alkyl halides is 2. The predicted octanol–water partition coefficient (Wildman–Crippen LogP) is 5.36. The summed E-state index contributed by atoms with van der Waals surface area (Å²) in [5, 5.41) is 3.15. The highest BCUT2D eigenvalue weighted by atomic mass is 79.9. The summed E-state index contributed by atoms with van der Waals surface area (Å²) >= 11 is 3.34. The van der Waals surface area contributed by atoms with E-state index in [0.717, 1.165) is 10.0 Å².